The maximum atomic E-state index is 13.9. The summed E-state index contributed by atoms with van der Waals surface area (Å²) in [5, 5.41) is -0.137. The third-order valence-electron chi connectivity index (χ3n) is 7.87. The Morgan fingerprint density at radius 1 is 0.977 bits per heavy atom. The number of rotatable bonds is 7. The molecule has 0 bridgehead atoms. The summed E-state index contributed by atoms with van der Waals surface area (Å²) >= 11 is 5.95. The highest BCUT2D eigenvalue weighted by molar-refractivity contribution is 6.30. The van der Waals surface area contributed by atoms with Crippen molar-refractivity contribution in [2.75, 3.05) is 7.11 Å². The molecule has 2 atom stereocenters. The number of nitrogens with zero attached hydrogens (tertiary/aromatic N) is 1. The van der Waals surface area contributed by atoms with Gasteiger partial charge in [-0.25, -0.2) is 9.18 Å². The van der Waals surface area contributed by atoms with Crippen LogP contribution in [0, 0.1) is 12.7 Å². The third-order valence-corrected chi connectivity index (χ3v) is 8.16. The highest BCUT2D eigenvalue weighted by Crippen LogP contribution is 2.42. The van der Waals surface area contributed by atoms with E-state index in [1.54, 1.807) is 25.1 Å². The number of Topliss-reactive ketones (excluding diaryl/α,β-unsaturated/α-hetero) is 1. The zero-order valence-corrected chi connectivity index (χ0v) is 25.0. The number of carbonyl (C=O) groups excluding carboxylic acids is 2. The van der Waals surface area contributed by atoms with Crippen LogP contribution in [0.3, 0.4) is 0 Å². The molecule has 10 heteroatoms. The van der Waals surface area contributed by atoms with Gasteiger partial charge in [0.15, 0.2) is 5.78 Å². The Morgan fingerprint density at radius 3 is 2.34 bits per heavy atom. The number of carbonyl (C=O) groups is 2. The molecule has 0 saturated carbocycles. The number of aryl methyl sites for hydroxylation is 1. The van der Waals surface area contributed by atoms with E-state index in [-0.39, 0.29) is 22.9 Å². The van der Waals surface area contributed by atoms with E-state index in [2.05, 4.69) is 0 Å². The summed E-state index contributed by atoms with van der Waals surface area (Å²) in [6.07, 6.45) is -6.17. The standard InChI is InChI=1S/C34H28ClF4NO4/c1-18-13-21(20(3)41)5-9-26(18)22-7-12-31(43-4)28(15-22)27-10-8-25(34(37,38)39)14-24(27)17-40-19(2)32(44-33(40)42)23-6-11-30(36)29(35)16-23/h5-16,19,32H,17H2,1-4H3/t19-,32-/m0/s1. The topological polar surface area (TPSA) is 55.8 Å². The molecule has 1 aliphatic rings. The second-order valence-corrected chi connectivity index (χ2v) is 11.1. The van der Waals surface area contributed by atoms with E-state index in [1.807, 2.05) is 25.1 Å². The highest BCUT2D eigenvalue weighted by atomic mass is 35.5. The first-order valence-corrected chi connectivity index (χ1v) is 14.1. The van der Waals surface area contributed by atoms with Crippen LogP contribution in [0.4, 0.5) is 22.4 Å². The van der Waals surface area contributed by atoms with Crippen molar-refractivity contribution < 1.29 is 36.6 Å². The summed E-state index contributed by atoms with van der Waals surface area (Å²) in [5.74, 6) is -0.272. The van der Waals surface area contributed by atoms with E-state index in [4.69, 9.17) is 21.1 Å². The number of amides is 1. The lowest BCUT2D eigenvalue weighted by atomic mass is 9.91. The predicted molar refractivity (Wildman–Crippen MR) is 159 cm³/mol. The van der Waals surface area contributed by atoms with Crippen molar-refractivity contribution in [1.82, 2.24) is 4.90 Å². The van der Waals surface area contributed by atoms with Gasteiger partial charge in [-0.2, -0.15) is 13.2 Å². The first-order valence-electron chi connectivity index (χ1n) is 13.7. The summed E-state index contributed by atoms with van der Waals surface area (Å²) in [7, 11) is 1.47. The minimum Gasteiger partial charge on any atom is -0.496 e. The molecule has 1 saturated heterocycles. The first kappa shape index (κ1) is 31.1. The fourth-order valence-electron chi connectivity index (χ4n) is 5.49. The molecule has 44 heavy (non-hydrogen) atoms. The van der Waals surface area contributed by atoms with Crippen molar-refractivity contribution in [3.63, 3.8) is 0 Å². The average Bonchev–Trinajstić information content (AvgIpc) is 3.26. The Hall–Kier alpha value is -4.37. The number of ether oxygens (including phenoxy) is 2. The molecule has 0 N–H and O–H groups in total. The van der Waals surface area contributed by atoms with Crippen LogP contribution in [-0.2, 0) is 17.5 Å². The molecule has 4 aromatic carbocycles. The lowest BCUT2D eigenvalue weighted by molar-refractivity contribution is -0.137. The summed E-state index contributed by atoms with van der Waals surface area (Å²) in [4.78, 5) is 26.3. The SMILES string of the molecule is COc1ccc(-c2ccc(C(C)=O)cc2C)cc1-c1ccc(C(F)(F)F)cc1CN1C(=O)O[C@H](c2ccc(F)c(Cl)c2)[C@@H]1C. The number of hydrogen-bond donors (Lipinski definition) is 0. The van der Waals surface area contributed by atoms with Crippen molar-refractivity contribution in [2.24, 2.45) is 0 Å². The molecule has 1 amide bonds. The van der Waals surface area contributed by atoms with Gasteiger partial charge in [0.25, 0.3) is 0 Å². The molecule has 0 spiro atoms. The van der Waals surface area contributed by atoms with Gasteiger partial charge in [-0.15, -0.1) is 0 Å². The number of ketones is 1. The molecule has 5 rings (SSSR count). The maximum Gasteiger partial charge on any atom is 0.416 e. The summed E-state index contributed by atoms with van der Waals surface area (Å²) in [5.41, 5.74) is 3.79. The second-order valence-electron chi connectivity index (χ2n) is 10.7. The Balaban J connectivity index is 1.59. The minimum absolute atomic E-state index is 0.0658. The number of cyclic esters (lactones) is 1. The van der Waals surface area contributed by atoms with Gasteiger partial charge in [-0.3, -0.25) is 9.69 Å². The van der Waals surface area contributed by atoms with E-state index >= 15 is 0 Å². The van der Waals surface area contributed by atoms with Crippen molar-refractivity contribution >= 4 is 23.5 Å². The molecule has 5 nitrogen and oxygen atoms in total. The summed E-state index contributed by atoms with van der Waals surface area (Å²) < 4.78 is 66.6. The first-order chi connectivity index (χ1) is 20.8. The van der Waals surface area contributed by atoms with Gasteiger partial charge < -0.3 is 9.47 Å². The molecule has 1 fully saturated rings. The molecule has 4 aromatic rings. The van der Waals surface area contributed by atoms with Crippen LogP contribution in [0.15, 0.2) is 72.8 Å². The van der Waals surface area contributed by atoms with Crippen molar-refractivity contribution in [3.05, 3.63) is 111 Å². The van der Waals surface area contributed by atoms with Gasteiger partial charge in [-0.1, -0.05) is 41.9 Å². The number of alkyl halides is 3. The van der Waals surface area contributed by atoms with E-state index in [0.717, 1.165) is 28.8 Å². The number of hydrogen-bond acceptors (Lipinski definition) is 4. The van der Waals surface area contributed by atoms with Crippen molar-refractivity contribution in [2.45, 2.75) is 45.6 Å². The van der Waals surface area contributed by atoms with Crippen molar-refractivity contribution in [1.29, 1.82) is 0 Å². The molecule has 0 aromatic heterocycles. The summed E-state index contributed by atoms with van der Waals surface area (Å²) in [6, 6.07) is 17.5. The molecular formula is C34H28ClF4NO4. The molecule has 0 radical (unpaired) electrons. The number of halogens is 5. The molecule has 228 valence electrons. The Morgan fingerprint density at radius 2 is 1.70 bits per heavy atom. The number of benzene rings is 4. The zero-order chi connectivity index (χ0) is 31.9. The van der Waals surface area contributed by atoms with E-state index in [9.17, 15) is 27.2 Å². The van der Waals surface area contributed by atoms with Crippen LogP contribution in [0.1, 0.15) is 52.6 Å². The monoisotopic (exact) mass is 625 g/mol. The van der Waals surface area contributed by atoms with Crippen LogP contribution in [0.2, 0.25) is 5.02 Å². The molecule has 1 aliphatic heterocycles. The zero-order valence-electron chi connectivity index (χ0n) is 24.3. The van der Waals surface area contributed by atoms with Crippen LogP contribution >= 0.6 is 11.6 Å². The number of methoxy groups -OCH3 is 1. The third kappa shape index (κ3) is 6.01. The molecule has 0 unspecified atom stereocenters. The summed E-state index contributed by atoms with van der Waals surface area (Å²) in [6.45, 7) is 4.86. The fourth-order valence-corrected chi connectivity index (χ4v) is 5.68. The Labute approximate surface area is 257 Å². The smallest absolute Gasteiger partial charge is 0.416 e. The van der Waals surface area contributed by atoms with E-state index < -0.39 is 35.8 Å². The quantitative estimate of drug-likeness (QED) is 0.152. The van der Waals surface area contributed by atoms with Gasteiger partial charge >= 0.3 is 12.3 Å². The predicted octanol–water partition coefficient (Wildman–Crippen LogP) is 9.43. The van der Waals surface area contributed by atoms with Gasteiger partial charge in [-0.05, 0) is 96.6 Å². The van der Waals surface area contributed by atoms with E-state index in [0.29, 0.717) is 28.0 Å². The largest absolute Gasteiger partial charge is 0.496 e. The van der Waals surface area contributed by atoms with Gasteiger partial charge in [0.1, 0.15) is 17.7 Å². The molecular weight excluding hydrogens is 598 g/mol. The van der Waals surface area contributed by atoms with Crippen LogP contribution in [0.5, 0.6) is 5.75 Å². The van der Waals surface area contributed by atoms with E-state index in [1.165, 1.54) is 43.2 Å². The minimum atomic E-state index is -4.63. The van der Waals surface area contributed by atoms with Gasteiger partial charge in [0.2, 0.25) is 0 Å². The lowest BCUT2D eigenvalue weighted by Crippen LogP contribution is -2.31. The van der Waals surface area contributed by atoms with Crippen molar-refractivity contribution in [3.8, 4) is 28.0 Å². The fraction of sp³-hybridized carbons (Fsp3) is 0.235. The Bertz CT molecular complexity index is 1770. The average molecular weight is 626 g/mol. The Kier molecular flexibility index (Phi) is 8.44. The molecule has 1 heterocycles. The second kappa shape index (κ2) is 12.0. The molecule has 0 aliphatic carbocycles. The lowest BCUT2D eigenvalue weighted by Gasteiger charge is -2.24. The highest BCUT2D eigenvalue weighted by Gasteiger charge is 2.41. The normalized spacial score (nSPS) is 16.7. The van der Waals surface area contributed by atoms with Crippen LogP contribution in [0.25, 0.3) is 22.3 Å². The van der Waals surface area contributed by atoms with Gasteiger partial charge in [0.05, 0.1) is 30.3 Å². The van der Waals surface area contributed by atoms with Gasteiger partial charge in [0, 0.05) is 11.1 Å². The van der Waals surface area contributed by atoms with Crippen LogP contribution < -0.4 is 4.74 Å². The van der Waals surface area contributed by atoms with Crippen LogP contribution in [-0.4, -0.2) is 29.9 Å². The maximum absolute atomic E-state index is 13.9.